The van der Waals surface area contributed by atoms with Crippen LogP contribution in [0.2, 0.25) is 0 Å². The fourth-order valence-corrected chi connectivity index (χ4v) is 2.71. The normalized spacial score (nSPS) is 27.1. The van der Waals surface area contributed by atoms with E-state index in [4.69, 9.17) is 0 Å². The van der Waals surface area contributed by atoms with E-state index < -0.39 is 17.5 Å². The van der Waals surface area contributed by atoms with Crippen LogP contribution in [-0.2, 0) is 0 Å². The Morgan fingerprint density at radius 1 is 1.26 bits per heavy atom. The molecule has 1 aliphatic carbocycles. The Labute approximate surface area is 112 Å². The van der Waals surface area contributed by atoms with Crippen molar-refractivity contribution in [1.82, 2.24) is 5.32 Å². The Morgan fingerprint density at radius 3 is 2.68 bits per heavy atom. The van der Waals surface area contributed by atoms with Crippen molar-refractivity contribution < 1.29 is 13.6 Å². The first kappa shape index (κ1) is 14.0. The smallest absolute Gasteiger partial charge is 0.254 e. The zero-order chi connectivity index (χ0) is 14.0. The molecule has 2 rings (SSSR count). The van der Waals surface area contributed by atoms with Crippen molar-refractivity contribution in [1.29, 1.82) is 0 Å². The van der Waals surface area contributed by atoms with Crippen molar-refractivity contribution in [3.05, 3.63) is 35.4 Å². The number of hydrogen-bond donors (Lipinski definition) is 1. The third-order valence-corrected chi connectivity index (χ3v) is 4.20. The zero-order valence-electron chi connectivity index (χ0n) is 11.2. The summed E-state index contributed by atoms with van der Waals surface area (Å²) in [5.41, 5.74) is -0.0909. The van der Waals surface area contributed by atoms with Crippen molar-refractivity contribution in [3.63, 3.8) is 0 Å². The van der Waals surface area contributed by atoms with Crippen molar-refractivity contribution in [2.45, 2.75) is 39.2 Å². The van der Waals surface area contributed by atoms with Gasteiger partial charge in [0, 0.05) is 12.1 Å². The monoisotopic (exact) mass is 267 g/mol. The van der Waals surface area contributed by atoms with Gasteiger partial charge in [-0.15, -0.1) is 0 Å². The summed E-state index contributed by atoms with van der Waals surface area (Å²) in [6.07, 6.45) is 3.15. The first-order valence-electron chi connectivity index (χ1n) is 6.75. The average molecular weight is 267 g/mol. The van der Waals surface area contributed by atoms with Gasteiger partial charge >= 0.3 is 0 Å². The highest BCUT2D eigenvalue weighted by atomic mass is 19.1. The predicted octanol–water partition coefficient (Wildman–Crippen LogP) is 3.52. The molecule has 3 atom stereocenters. The molecule has 2 nitrogen and oxygen atoms in total. The van der Waals surface area contributed by atoms with Gasteiger partial charge in [-0.2, -0.15) is 0 Å². The number of carbonyl (C=O) groups excluding carboxylic acids is 1. The van der Waals surface area contributed by atoms with Gasteiger partial charge < -0.3 is 5.32 Å². The van der Waals surface area contributed by atoms with E-state index in [1.165, 1.54) is 12.5 Å². The van der Waals surface area contributed by atoms with E-state index in [0.29, 0.717) is 11.8 Å². The van der Waals surface area contributed by atoms with Crippen LogP contribution in [0.5, 0.6) is 0 Å². The molecule has 0 radical (unpaired) electrons. The topological polar surface area (TPSA) is 29.1 Å². The Hall–Kier alpha value is -1.45. The Morgan fingerprint density at radius 2 is 2.00 bits per heavy atom. The minimum Gasteiger partial charge on any atom is -0.349 e. The standard InChI is InChI=1S/C15H19F2NO/c1-9-4-3-5-14(10(9)2)18-15(19)12-7-6-11(16)8-13(12)17/h6-10,14H,3-5H2,1-2H3,(H,18,19). The van der Waals surface area contributed by atoms with Crippen LogP contribution in [0.3, 0.4) is 0 Å². The SMILES string of the molecule is CC1CCCC(NC(=O)c2ccc(F)cc2F)C1C. The minimum atomic E-state index is -0.811. The maximum atomic E-state index is 13.5. The van der Waals surface area contributed by atoms with E-state index in [9.17, 15) is 13.6 Å². The van der Waals surface area contributed by atoms with Crippen LogP contribution >= 0.6 is 0 Å². The van der Waals surface area contributed by atoms with Crippen molar-refractivity contribution in [2.75, 3.05) is 0 Å². The van der Waals surface area contributed by atoms with Gasteiger partial charge in [0.05, 0.1) is 5.56 Å². The van der Waals surface area contributed by atoms with Crippen LogP contribution in [0.15, 0.2) is 18.2 Å². The quantitative estimate of drug-likeness (QED) is 0.872. The second-order valence-corrected chi connectivity index (χ2v) is 5.47. The van der Waals surface area contributed by atoms with Crippen LogP contribution in [0, 0.1) is 23.5 Å². The molecule has 1 aromatic rings. The fraction of sp³-hybridized carbons (Fsp3) is 0.533. The van der Waals surface area contributed by atoms with E-state index in [0.717, 1.165) is 25.0 Å². The minimum absolute atomic E-state index is 0.0701. The molecule has 0 spiro atoms. The number of halogens is 2. The summed E-state index contributed by atoms with van der Waals surface area (Å²) >= 11 is 0. The van der Waals surface area contributed by atoms with E-state index in [2.05, 4.69) is 19.2 Å². The van der Waals surface area contributed by atoms with Crippen LogP contribution < -0.4 is 5.32 Å². The summed E-state index contributed by atoms with van der Waals surface area (Å²) in [7, 11) is 0. The largest absolute Gasteiger partial charge is 0.349 e. The zero-order valence-corrected chi connectivity index (χ0v) is 11.2. The van der Waals surface area contributed by atoms with E-state index >= 15 is 0 Å². The van der Waals surface area contributed by atoms with Gasteiger partial charge in [0.1, 0.15) is 11.6 Å². The van der Waals surface area contributed by atoms with Crippen LogP contribution in [0.1, 0.15) is 43.5 Å². The lowest BCUT2D eigenvalue weighted by Gasteiger charge is -2.34. The lowest BCUT2D eigenvalue weighted by Crippen LogP contribution is -2.43. The number of carbonyl (C=O) groups is 1. The van der Waals surface area contributed by atoms with Gasteiger partial charge in [0.15, 0.2) is 0 Å². The number of amides is 1. The molecule has 1 fully saturated rings. The molecule has 0 aliphatic heterocycles. The maximum absolute atomic E-state index is 13.5. The number of rotatable bonds is 2. The Balaban J connectivity index is 2.08. The Kier molecular flexibility index (Phi) is 4.17. The van der Waals surface area contributed by atoms with E-state index in [-0.39, 0.29) is 11.6 Å². The lowest BCUT2D eigenvalue weighted by molar-refractivity contribution is 0.0887. The van der Waals surface area contributed by atoms with Crippen molar-refractivity contribution >= 4 is 5.91 Å². The summed E-state index contributed by atoms with van der Waals surface area (Å²) < 4.78 is 26.3. The molecule has 19 heavy (non-hydrogen) atoms. The third-order valence-electron chi connectivity index (χ3n) is 4.20. The van der Waals surface area contributed by atoms with Crippen LogP contribution in [-0.4, -0.2) is 11.9 Å². The first-order chi connectivity index (χ1) is 8.99. The number of benzene rings is 1. The van der Waals surface area contributed by atoms with Gasteiger partial charge in [-0.25, -0.2) is 8.78 Å². The molecular weight excluding hydrogens is 248 g/mol. The molecule has 104 valence electrons. The van der Waals surface area contributed by atoms with Gasteiger partial charge in [0.2, 0.25) is 0 Å². The van der Waals surface area contributed by atoms with Crippen LogP contribution in [0.4, 0.5) is 8.78 Å². The summed E-state index contributed by atoms with van der Waals surface area (Å²) in [4.78, 5) is 12.0. The summed E-state index contributed by atoms with van der Waals surface area (Å²) in [5.74, 6) is -1.01. The second kappa shape index (κ2) is 5.68. The molecule has 0 saturated heterocycles. The molecular formula is C15H19F2NO. The molecule has 1 N–H and O–H groups in total. The highest BCUT2D eigenvalue weighted by Crippen LogP contribution is 2.29. The molecule has 0 heterocycles. The fourth-order valence-electron chi connectivity index (χ4n) is 2.71. The van der Waals surface area contributed by atoms with Crippen LogP contribution in [0.25, 0.3) is 0 Å². The van der Waals surface area contributed by atoms with Crippen molar-refractivity contribution in [2.24, 2.45) is 11.8 Å². The second-order valence-electron chi connectivity index (χ2n) is 5.47. The van der Waals surface area contributed by atoms with Crippen molar-refractivity contribution in [3.8, 4) is 0 Å². The van der Waals surface area contributed by atoms with Gasteiger partial charge in [-0.1, -0.05) is 26.7 Å². The van der Waals surface area contributed by atoms with Gasteiger partial charge in [-0.3, -0.25) is 4.79 Å². The maximum Gasteiger partial charge on any atom is 0.254 e. The van der Waals surface area contributed by atoms with E-state index in [1.807, 2.05) is 0 Å². The first-order valence-corrected chi connectivity index (χ1v) is 6.75. The molecule has 1 amide bonds. The molecule has 3 unspecified atom stereocenters. The summed E-state index contributed by atoms with van der Waals surface area (Å²) in [5, 5.41) is 2.87. The predicted molar refractivity (Wildman–Crippen MR) is 69.8 cm³/mol. The molecule has 0 aromatic heterocycles. The third kappa shape index (κ3) is 3.11. The highest BCUT2D eigenvalue weighted by molar-refractivity contribution is 5.94. The van der Waals surface area contributed by atoms with E-state index in [1.54, 1.807) is 0 Å². The van der Waals surface area contributed by atoms with Gasteiger partial charge in [0.25, 0.3) is 5.91 Å². The van der Waals surface area contributed by atoms with Gasteiger partial charge in [-0.05, 0) is 30.4 Å². The molecule has 4 heteroatoms. The molecule has 1 aliphatic rings. The Bertz CT molecular complexity index is 475. The lowest BCUT2D eigenvalue weighted by atomic mass is 9.78. The summed E-state index contributed by atoms with van der Waals surface area (Å²) in [6.45, 7) is 4.28. The number of hydrogen-bond acceptors (Lipinski definition) is 1. The molecule has 0 bridgehead atoms. The molecule has 1 aromatic carbocycles. The highest BCUT2D eigenvalue weighted by Gasteiger charge is 2.28. The average Bonchev–Trinajstić information content (AvgIpc) is 2.34. The number of nitrogens with one attached hydrogen (secondary N) is 1. The molecule has 1 saturated carbocycles. The summed E-state index contributed by atoms with van der Waals surface area (Å²) in [6, 6.07) is 3.10.